The highest BCUT2D eigenvalue weighted by Crippen LogP contribution is 2.67. The number of phenols is 1. The molecule has 6 atom stereocenters. The molecule has 0 unspecified atom stereocenters. The molecule has 2 N–H and O–H groups in total. The number of aliphatic hydroxyl groups is 1. The summed E-state index contributed by atoms with van der Waals surface area (Å²) in [4.78, 5) is 45.2. The SMILES string of the molecule is CC[C@]12C=CCN3CC[C@@]4(c5ccc(OC)cc5N(C)[C@H]4[C@@](O)(C(=O)OC)[C@@H]1OC(=O)COc1cc(O)c4c(=O)cc(-c5ccccc5)oc4c1)[C@@H]32. The van der Waals surface area contributed by atoms with E-state index in [-0.39, 0.29) is 28.5 Å². The van der Waals surface area contributed by atoms with E-state index in [9.17, 15) is 24.6 Å². The van der Waals surface area contributed by atoms with Gasteiger partial charge in [-0.1, -0.05) is 55.5 Å². The number of rotatable bonds is 8. The third-order valence-corrected chi connectivity index (χ3v) is 11.8. The Kier molecular flexibility index (Phi) is 7.88. The summed E-state index contributed by atoms with van der Waals surface area (Å²) < 4.78 is 29.0. The molecule has 4 heterocycles. The van der Waals surface area contributed by atoms with E-state index < -0.39 is 52.6 Å². The van der Waals surface area contributed by atoms with Crippen LogP contribution in [-0.4, -0.2) is 91.8 Å². The maximum absolute atomic E-state index is 14.1. The normalized spacial score (nSPS) is 28.6. The second kappa shape index (κ2) is 12.1. The maximum atomic E-state index is 14.1. The largest absolute Gasteiger partial charge is 0.507 e. The van der Waals surface area contributed by atoms with Crippen LogP contribution >= 0.6 is 0 Å². The molecule has 0 bridgehead atoms. The summed E-state index contributed by atoms with van der Waals surface area (Å²) in [5, 5.41) is 23.8. The molecule has 2 fully saturated rings. The highest BCUT2D eigenvalue weighted by Gasteiger charge is 2.80. The fraction of sp³-hybridized carbons (Fsp3) is 0.375. The Labute approximate surface area is 299 Å². The van der Waals surface area contributed by atoms with Gasteiger partial charge < -0.3 is 38.5 Å². The predicted molar refractivity (Wildman–Crippen MR) is 191 cm³/mol. The first kappa shape index (κ1) is 33.8. The summed E-state index contributed by atoms with van der Waals surface area (Å²) in [6.07, 6.45) is 3.74. The molecule has 1 aromatic heterocycles. The van der Waals surface area contributed by atoms with Crippen molar-refractivity contribution in [2.45, 2.75) is 49.0 Å². The number of methoxy groups -OCH3 is 2. The molecule has 8 rings (SSSR count). The molecule has 3 aromatic carbocycles. The third kappa shape index (κ3) is 4.56. The van der Waals surface area contributed by atoms with E-state index in [1.54, 1.807) is 19.2 Å². The maximum Gasteiger partial charge on any atom is 0.344 e. The summed E-state index contributed by atoms with van der Waals surface area (Å²) >= 11 is 0. The van der Waals surface area contributed by atoms with Crippen molar-refractivity contribution in [1.82, 2.24) is 4.90 Å². The zero-order valence-electron chi connectivity index (χ0n) is 29.3. The number of carbonyl (C=O) groups excluding carboxylic acids is 2. The van der Waals surface area contributed by atoms with E-state index in [2.05, 4.69) is 4.90 Å². The first-order valence-electron chi connectivity index (χ1n) is 17.4. The highest BCUT2D eigenvalue weighted by molar-refractivity contribution is 5.88. The van der Waals surface area contributed by atoms with Crippen molar-refractivity contribution in [3.8, 4) is 28.6 Å². The van der Waals surface area contributed by atoms with Crippen molar-refractivity contribution in [3.05, 3.63) is 94.7 Å². The molecule has 270 valence electrons. The molecule has 0 radical (unpaired) electrons. The Balaban J connectivity index is 1.16. The van der Waals surface area contributed by atoms with Gasteiger partial charge in [0.25, 0.3) is 0 Å². The minimum atomic E-state index is -2.31. The van der Waals surface area contributed by atoms with E-state index in [0.717, 1.165) is 11.3 Å². The fourth-order valence-corrected chi connectivity index (χ4v) is 9.89. The van der Waals surface area contributed by atoms with Crippen molar-refractivity contribution < 1.29 is 43.2 Å². The molecule has 4 aliphatic rings. The standard InChI is InChI=1S/C40H40N2O10/c1-5-38-14-9-16-42-17-15-39(34(38)42)26-13-12-24(48-3)18-27(26)41(2)35(39)40(47,37(46)49-4)36(38)52-32(45)22-50-25-19-28(43)33-29(44)21-30(51-31(33)20-25)23-10-7-6-8-11-23/h6-14,18-21,34-36,43,47H,5,15-17,22H2,1-4H3/t34-,35+,36+,38+,39+,40-/m0/s1. The number of nitrogens with zero attached hydrogens (tertiary/aromatic N) is 2. The summed E-state index contributed by atoms with van der Waals surface area (Å²) in [7, 11) is 4.64. The Morgan fingerprint density at radius 1 is 1.02 bits per heavy atom. The third-order valence-electron chi connectivity index (χ3n) is 11.8. The van der Waals surface area contributed by atoms with Crippen LogP contribution in [0, 0.1) is 5.41 Å². The Bertz CT molecular complexity index is 2180. The molecule has 0 amide bonds. The van der Waals surface area contributed by atoms with Gasteiger partial charge in [-0.05, 0) is 31.0 Å². The lowest BCUT2D eigenvalue weighted by molar-refractivity contribution is -0.230. The van der Waals surface area contributed by atoms with Crippen molar-refractivity contribution >= 4 is 28.6 Å². The van der Waals surface area contributed by atoms with E-state index in [1.165, 1.54) is 25.3 Å². The topological polar surface area (TPSA) is 148 Å². The van der Waals surface area contributed by atoms with Gasteiger partial charge >= 0.3 is 11.9 Å². The van der Waals surface area contributed by atoms with Crippen LogP contribution in [0.4, 0.5) is 5.69 Å². The smallest absolute Gasteiger partial charge is 0.344 e. The van der Waals surface area contributed by atoms with Gasteiger partial charge in [-0.25, -0.2) is 9.59 Å². The van der Waals surface area contributed by atoms with Crippen molar-refractivity contribution in [3.63, 3.8) is 0 Å². The highest BCUT2D eigenvalue weighted by atomic mass is 16.6. The minimum absolute atomic E-state index is 0.0298. The lowest BCUT2D eigenvalue weighted by atomic mass is 9.47. The van der Waals surface area contributed by atoms with Crippen LogP contribution in [0.2, 0.25) is 0 Å². The lowest BCUT2D eigenvalue weighted by Gasteiger charge is -2.63. The Hall–Kier alpha value is -5.33. The number of carbonyl (C=O) groups is 2. The summed E-state index contributed by atoms with van der Waals surface area (Å²) in [6, 6.07) is 17.7. The number of ether oxygens (including phenoxy) is 4. The number of likely N-dealkylation sites (N-methyl/N-ethyl adjacent to an activating group) is 1. The number of esters is 2. The fourth-order valence-electron chi connectivity index (χ4n) is 9.89. The van der Waals surface area contributed by atoms with Crippen molar-refractivity contribution in [2.24, 2.45) is 5.41 Å². The molecule has 52 heavy (non-hydrogen) atoms. The number of aromatic hydroxyl groups is 1. The minimum Gasteiger partial charge on any atom is -0.507 e. The zero-order valence-corrected chi connectivity index (χ0v) is 29.3. The van der Waals surface area contributed by atoms with Gasteiger partial charge in [0.05, 0.1) is 20.3 Å². The van der Waals surface area contributed by atoms with Crippen LogP contribution in [-0.2, 0) is 24.5 Å². The van der Waals surface area contributed by atoms with Gasteiger partial charge in [0.1, 0.15) is 34.0 Å². The molecular weight excluding hydrogens is 668 g/mol. The molecule has 12 heteroatoms. The van der Waals surface area contributed by atoms with Gasteiger partial charge in [-0.2, -0.15) is 0 Å². The van der Waals surface area contributed by atoms with E-state index >= 15 is 0 Å². The van der Waals surface area contributed by atoms with Gasteiger partial charge in [0.15, 0.2) is 18.1 Å². The van der Waals surface area contributed by atoms with Crippen LogP contribution in [0.5, 0.6) is 17.2 Å². The monoisotopic (exact) mass is 708 g/mol. The molecule has 1 saturated heterocycles. The summed E-state index contributed by atoms with van der Waals surface area (Å²) in [5.41, 5.74) is -1.91. The number of benzene rings is 3. The molecule has 3 aliphatic heterocycles. The van der Waals surface area contributed by atoms with E-state index in [4.69, 9.17) is 23.4 Å². The van der Waals surface area contributed by atoms with Crippen LogP contribution in [0.3, 0.4) is 0 Å². The molecule has 4 aromatic rings. The van der Waals surface area contributed by atoms with Gasteiger partial charge in [0.2, 0.25) is 5.60 Å². The van der Waals surface area contributed by atoms with Gasteiger partial charge in [-0.3, -0.25) is 9.69 Å². The van der Waals surface area contributed by atoms with Crippen LogP contribution < -0.4 is 19.8 Å². The van der Waals surface area contributed by atoms with Crippen molar-refractivity contribution in [2.75, 3.05) is 45.9 Å². The summed E-state index contributed by atoms with van der Waals surface area (Å²) in [6.45, 7) is 2.71. The second-order valence-corrected chi connectivity index (χ2v) is 14.1. The molecule has 1 spiro atoms. The molecular formula is C40H40N2O10. The second-order valence-electron chi connectivity index (χ2n) is 14.1. The average Bonchev–Trinajstić information content (AvgIpc) is 3.67. The molecule has 12 nitrogen and oxygen atoms in total. The number of hydrogen-bond donors (Lipinski definition) is 2. The molecule has 1 aliphatic carbocycles. The molecule has 1 saturated carbocycles. The number of hydrogen-bond acceptors (Lipinski definition) is 12. The lowest BCUT2D eigenvalue weighted by Crippen LogP contribution is -2.81. The first-order valence-corrected chi connectivity index (χ1v) is 17.4. The van der Waals surface area contributed by atoms with Crippen LogP contribution in [0.15, 0.2) is 88.1 Å². The zero-order chi connectivity index (χ0) is 36.6. The van der Waals surface area contributed by atoms with Crippen LogP contribution in [0.1, 0.15) is 25.3 Å². The van der Waals surface area contributed by atoms with Crippen LogP contribution in [0.25, 0.3) is 22.3 Å². The van der Waals surface area contributed by atoms with Gasteiger partial charge in [0, 0.05) is 66.0 Å². The number of fused-ring (bicyclic) bond motifs is 2. The Morgan fingerprint density at radius 2 is 1.81 bits per heavy atom. The Morgan fingerprint density at radius 3 is 2.54 bits per heavy atom. The van der Waals surface area contributed by atoms with E-state index in [0.29, 0.717) is 43.0 Å². The summed E-state index contributed by atoms with van der Waals surface area (Å²) in [5.74, 6) is -1.15. The van der Waals surface area contributed by atoms with E-state index in [1.807, 2.05) is 67.4 Å². The van der Waals surface area contributed by atoms with Crippen molar-refractivity contribution in [1.29, 1.82) is 0 Å². The average molecular weight is 709 g/mol. The number of anilines is 1. The predicted octanol–water partition coefficient (Wildman–Crippen LogP) is 4.18. The first-order chi connectivity index (χ1) is 25.0. The quantitative estimate of drug-likeness (QED) is 0.200. The van der Waals surface area contributed by atoms with Gasteiger partial charge in [-0.15, -0.1) is 0 Å². The number of phenolic OH excluding ortho intramolecular Hbond substituents is 1.